The average molecular weight is 469 g/mol. The first-order valence-electron chi connectivity index (χ1n) is 11.5. The molecule has 0 spiro atoms. The molecular formula is C28H28N4O3. The summed E-state index contributed by atoms with van der Waals surface area (Å²) in [4.78, 5) is 27.4. The maximum atomic E-state index is 13.0. The molecule has 0 fully saturated rings. The van der Waals surface area contributed by atoms with E-state index in [1.54, 1.807) is 16.7 Å². The van der Waals surface area contributed by atoms with Gasteiger partial charge in [0.2, 0.25) is 11.8 Å². The van der Waals surface area contributed by atoms with Crippen molar-refractivity contribution in [2.75, 3.05) is 25.5 Å². The summed E-state index contributed by atoms with van der Waals surface area (Å²) in [6.07, 6.45) is 0.214. The lowest BCUT2D eigenvalue weighted by Crippen LogP contribution is -2.38. The number of amides is 2. The molecular weight excluding hydrogens is 440 g/mol. The number of nitrogens with one attached hydrogen (secondary N) is 1. The third-order valence-electron chi connectivity index (χ3n) is 5.63. The van der Waals surface area contributed by atoms with Crippen LogP contribution in [-0.2, 0) is 16.0 Å². The van der Waals surface area contributed by atoms with Crippen molar-refractivity contribution in [3.8, 4) is 22.7 Å². The van der Waals surface area contributed by atoms with Gasteiger partial charge in [-0.05, 0) is 36.8 Å². The third-order valence-corrected chi connectivity index (χ3v) is 5.63. The van der Waals surface area contributed by atoms with Crippen LogP contribution in [0.15, 0.2) is 91.0 Å². The minimum atomic E-state index is -0.286. The summed E-state index contributed by atoms with van der Waals surface area (Å²) in [7, 11) is 1.60. The minimum Gasteiger partial charge on any atom is -0.497 e. The lowest BCUT2D eigenvalue weighted by atomic mass is 10.1. The van der Waals surface area contributed by atoms with E-state index in [1.165, 1.54) is 0 Å². The van der Waals surface area contributed by atoms with Crippen LogP contribution in [0, 0.1) is 0 Å². The van der Waals surface area contributed by atoms with Crippen LogP contribution in [0.3, 0.4) is 0 Å². The topological polar surface area (TPSA) is 76.5 Å². The van der Waals surface area contributed by atoms with Crippen LogP contribution in [0.4, 0.5) is 5.82 Å². The summed E-state index contributed by atoms with van der Waals surface area (Å²) in [5, 5.41) is 7.67. The van der Waals surface area contributed by atoms with Crippen molar-refractivity contribution in [1.82, 2.24) is 14.7 Å². The van der Waals surface area contributed by atoms with Gasteiger partial charge in [0.15, 0.2) is 0 Å². The Morgan fingerprint density at radius 2 is 1.60 bits per heavy atom. The molecule has 2 amide bonds. The van der Waals surface area contributed by atoms with Gasteiger partial charge in [-0.25, -0.2) is 4.68 Å². The van der Waals surface area contributed by atoms with Gasteiger partial charge < -0.3 is 15.0 Å². The number of para-hydroxylation sites is 1. The smallest absolute Gasteiger partial charge is 0.245 e. The highest BCUT2D eigenvalue weighted by Crippen LogP contribution is 2.24. The Kier molecular flexibility index (Phi) is 7.57. The van der Waals surface area contributed by atoms with E-state index in [0.29, 0.717) is 12.4 Å². The number of methoxy groups -OCH3 is 1. The summed E-state index contributed by atoms with van der Waals surface area (Å²) in [5.74, 6) is 0.873. The lowest BCUT2D eigenvalue weighted by Gasteiger charge is -2.20. The molecule has 0 aliphatic carbocycles. The van der Waals surface area contributed by atoms with Gasteiger partial charge in [-0.1, -0.05) is 60.7 Å². The minimum absolute atomic E-state index is 0.0495. The zero-order valence-electron chi connectivity index (χ0n) is 19.8. The van der Waals surface area contributed by atoms with E-state index >= 15 is 0 Å². The number of ether oxygens (including phenoxy) is 1. The molecule has 4 rings (SSSR count). The van der Waals surface area contributed by atoms with Crippen LogP contribution in [0.5, 0.6) is 5.75 Å². The Balaban J connectivity index is 1.49. The molecule has 0 bridgehead atoms. The number of aromatic nitrogens is 2. The highest BCUT2D eigenvalue weighted by molar-refractivity contribution is 5.95. The molecule has 1 aromatic heterocycles. The van der Waals surface area contributed by atoms with Crippen LogP contribution >= 0.6 is 0 Å². The van der Waals surface area contributed by atoms with Gasteiger partial charge in [-0.15, -0.1) is 0 Å². The standard InChI is InChI=1S/C28H28N4O3/c1-3-31(28(34)18-21-14-16-24(35-2)17-15-21)20-27(33)29-26-19-25(22-10-6-4-7-11-22)30-32(26)23-12-8-5-9-13-23/h4-17,19H,3,18,20H2,1-2H3,(H,29,33). The molecule has 0 unspecified atom stereocenters. The molecule has 4 aromatic rings. The SMILES string of the molecule is CCN(CC(=O)Nc1cc(-c2ccccc2)nn1-c1ccccc1)C(=O)Cc1ccc(OC)cc1. The van der Waals surface area contributed by atoms with Gasteiger partial charge in [0.25, 0.3) is 0 Å². The maximum Gasteiger partial charge on any atom is 0.245 e. The Hall–Kier alpha value is -4.39. The second kappa shape index (κ2) is 11.2. The summed E-state index contributed by atoms with van der Waals surface area (Å²) >= 11 is 0. The van der Waals surface area contributed by atoms with Crippen molar-refractivity contribution in [3.63, 3.8) is 0 Å². The molecule has 1 N–H and O–H groups in total. The quantitative estimate of drug-likeness (QED) is 0.390. The molecule has 0 saturated carbocycles. The molecule has 3 aromatic carbocycles. The van der Waals surface area contributed by atoms with Gasteiger partial charge in [-0.2, -0.15) is 5.10 Å². The van der Waals surface area contributed by atoms with E-state index < -0.39 is 0 Å². The second-order valence-corrected chi connectivity index (χ2v) is 8.01. The van der Waals surface area contributed by atoms with Gasteiger partial charge in [0, 0.05) is 18.2 Å². The predicted octanol–water partition coefficient (Wildman–Crippen LogP) is 4.58. The highest BCUT2D eigenvalue weighted by Gasteiger charge is 2.19. The van der Waals surface area contributed by atoms with Crippen LogP contribution in [0.1, 0.15) is 12.5 Å². The Morgan fingerprint density at radius 3 is 2.23 bits per heavy atom. The first-order valence-corrected chi connectivity index (χ1v) is 11.5. The van der Waals surface area contributed by atoms with Gasteiger partial charge >= 0.3 is 0 Å². The van der Waals surface area contributed by atoms with E-state index in [4.69, 9.17) is 9.84 Å². The van der Waals surface area contributed by atoms with Crippen LogP contribution in [0.2, 0.25) is 0 Å². The Labute approximate surface area is 205 Å². The van der Waals surface area contributed by atoms with Crippen LogP contribution in [-0.4, -0.2) is 46.7 Å². The van der Waals surface area contributed by atoms with Crippen molar-refractivity contribution in [1.29, 1.82) is 0 Å². The molecule has 35 heavy (non-hydrogen) atoms. The van der Waals surface area contributed by atoms with Crippen molar-refractivity contribution in [3.05, 3.63) is 96.6 Å². The number of nitrogens with zero attached hydrogens (tertiary/aromatic N) is 3. The Morgan fingerprint density at radius 1 is 0.943 bits per heavy atom. The molecule has 178 valence electrons. The fourth-order valence-electron chi connectivity index (χ4n) is 3.75. The molecule has 0 radical (unpaired) electrons. The normalized spacial score (nSPS) is 10.6. The zero-order valence-corrected chi connectivity index (χ0v) is 19.8. The summed E-state index contributed by atoms with van der Waals surface area (Å²) in [6, 6.07) is 28.6. The number of benzene rings is 3. The van der Waals surface area contributed by atoms with Gasteiger partial charge in [-0.3, -0.25) is 9.59 Å². The van der Waals surface area contributed by atoms with E-state index in [0.717, 1.165) is 28.3 Å². The number of likely N-dealkylation sites (N-methyl/N-ethyl adjacent to an activating group) is 1. The summed E-state index contributed by atoms with van der Waals surface area (Å²) in [5.41, 5.74) is 3.38. The number of anilines is 1. The van der Waals surface area contributed by atoms with Crippen molar-refractivity contribution in [2.45, 2.75) is 13.3 Å². The number of carbonyl (C=O) groups excluding carboxylic acids is 2. The fourth-order valence-corrected chi connectivity index (χ4v) is 3.75. The van der Waals surface area contributed by atoms with E-state index in [9.17, 15) is 9.59 Å². The molecule has 7 nitrogen and oxygen atoms in total. The van der Waals surface area contributed by atoms with Crippen LogP contribution in [0.25, 0.3) is 16.9 Å². The predicted molar refractivity (Wildman–Crippen MR) is 137 cm³/mol. The zero-order chi connectivity index (χ0) is 24.6. The number of hydrogen-bond donors (Lipinski definition) is 1. The molecule has 7 heteroatoms. The largest absolute Gasteiger partial charge is 0.497 e. The van der Waals surface area contributed by atoms with Crippen LogP contribution < -0.4 is 10.1 Å². The van der Waals surface area contributed by atoms with E-state index in [1.807, 2.05) is 97.9 Å². The molecule has 0 aliphatic rings. The van der Waals surface area contributed by atoms with Crippen molar-refractivity contribution < 1.29 is 14.3 Å². The number of hydrogen-bond acceptors (Lipinski definition) is 4. The van der Waals surface area contributed by atoms with Gasteiger partial charge in [0.05, 0.1) is 31.5 Å². The monoisotopic (exact) mass is 468 g/mol. The highest BCUT2D eigenvalue weighted by atomic mass is 16.5. The number of carbonyl (C=O) groups is 2. The number of rotatable bonds is 9. The maximum absolute atomic E-state index is 13.0. The Bertz CT molecular complexity index is 1270. The van der Waals surface area contributed by atoms with Crippen molar-refractivity contribution >= 4 is 17.6 Å². The molecule has 0 saturated heterocycles. The first kappa shape index (κ1) is 23.8. The van der Waals surface area contributed by atoms with Gasteiger partial charge in [0.1, 0.15) is 11.6 Å². The lowest BCUT2D eigenvalue weighted by molar-refractivity contribution is -0.133. The van der Waals surface area contributed by atoms with E-state index in [2.05, 4.69) is 5.32 Å². The molecule has 0 aliphatic heterocycles. The third kappa shape index (κ3) is 5.95. The van der Waals surface area contributed by atoms with E-state index in [-0.39, 0.29) is 24.8 Å². The summed E-state index contributed by atoms with van der Waals surface area (Å²) < 4.78 is 6.87. The molecule has 1 heterocycles. The average Bonchev–Trinajstić information content (AvgIpc) is 3.32. The van der Waals surface area contributed by atoms with Crippen molar-refractivity contribution in [2.24, 2.45) is 0 Å². The first-order chi connectivity index (χ1) is 17.1. The second-order valence-electron chi connectivity index (χ2n) is 8.01. The fraction of sp³-hybridized carbons (Fsp3) is 0.179. The summed E-state index contributed by atoms with van der Waals surface area (Å²) in [6.45, 7) is 2.24. The molecule has 0 atom stereocenters.